The van der Waals surface area contributed by atoms with Crippen molar-refractivity contribution in [1.29, 1.82) is 0 Å². The Morgan fingerprint density at radius 3 is 2.57 bits per heavy atom. The molecule has 0 aliphatic carbocycles. The van der Waals surface area contributed by atoms with Crippen molar-refractivity contribution in [3.05, 3.63) is 0 Å². The smallest absolute Gasteiger partial charge is 0.171 e. The van der Waals surface area contributed by atoms with E-state index in [1.807, 2.05) is 19.0 Å². The summed E-state index contributed by atoms with van der Waals surface area (Å²) in [5.41, 5.74) is 0. The van der Waals surface area contributed by atoms with Crippen LogP contribution in [0.15, 0.2) is 0 Å². The van der Waals surface area contributed by atoms with Gasteiger partial charge in [-0.1, -0.05) is 13.8 Å². The van der Waals surface area contributed by atoms with E-state index in [-0.39, 0.29) is 0 Å². The minimum Gasteiger partial charge on any atom is -0.355 e. The van der Waals surface area contributed by atoms with Crippen LogP contribution in [0.3, 0.4) is 0 Å². The van der Waals surface area contributed by atoms with Gasteiger partial charge in [0.2, 0.25) is 0 Å². The van der Waals surface area contributed by atoms with Gasteiger partial charge in [-0.3, -0.25) is 0 Å². The van der Waals surface area contributed by atoms with Gasteiger partial charge in [0.05, 0.1) is 0 Å². The molecule has 0 aromatic rings. The van der Waals surface area contributed by atoms with Crippen LogP contribution >= 0.6 is 12.2 Å². The molecular formula is C11H22N2S. The number of rotatable bonds is 1. The van der Waals surface area contributed by atoms with Crippen LogP contribution in [0.25, 0.3) is 0 Å². The summed E-state index contributed by atoms with van der Waals surface area (Å²) in [6.45, 7) is 6.91. The van der Waals surface area contributed by atoms with E-state index in [4.69, 9.17) is 12.2 Å². The first-order chi connectivity index (χ1) is 6.52. The molecule has 1 unspecified atom stereocenters. The molecule has 3 heteroatoms. The molecule has 1 aliphatic heterocycles. The lowest BCUT2D eigenvalue weighted by atomic mass is 9.88. The van der Waals surface area contributed by atoms with Crippen LogP contribution in [-0.2, 0) is 0 Å². The molecule has 0 radical (unpaired) electrons. The second-order valence-electron chi connectivity index (χ2n) is 4.77. The van der Waals surface area contributed by atoms with Crippen molar-refractivity contribution in [2.75, 3.05) is 27.2 Å². The van der Waals surface area contributed by atoms with E-state index in [1.54, 1.807) is 0 Å². The van der Waals surface area contributed by atoms with Crippen LogP contribution in [0.5, 0.6) is 0 Å². The molecule has 1 rings (SSSR count). The molecule has 1 fully saturated rings. The lowest BCUT2D eigenvalue weighted by Crippen LogP contribution is -2.45. The van der Waals surface area contributed by atoms with E-state index in [2.05, 4.69) is 18.7 Å². The van der Waals surface area contributed by atoms with Crippen molar-refractivity contribution in [3.8, 4) is 0 Å². The Hall–Kier alpha value is -0.310. The molecule has 0 amide bonds. The third-order valence-electron chi connectivity index (χ3n) is 3.05. The molecule has 1 atom stereocenters. The summed E-state index contributed by atoms with van der Waals surface area (Å²) in [6.07, 6.45) is 2.65. The molecule has 0 bridgehead atoms. The number of hydrogen-bond donors (Lipinski definition) is 0. The van der Waals surface area contributed by atoms with Gasteiger partial charge in [-0.25, -0.2) is 0 Å². The summed E-state index contributed by atoms with van der Waals surface area (Å²) in [5, 5.41) is 0.996. The van der Waals surface area contributed by atoms with Crippen molar-refractivity contribution < 1.29 is 0 Å². The maximum atomic E-state index is 5.39. The fourth-order valence-electron chi connectivity index (χ4n) is 2.01. The normalized spacial score (nSPS) is 22.6. The largest absolute Gasteiger partial charge is 0.355 e. The number of likely N-dealkylation sites (tertiary alicyclic amines) is 1. The fraction of sp³-hybridized carbons (Fsp3) is 0.909. The van der Waals surface area contributed by atoms with E-state index < -0.39 is 0 Å². The van der Waals surface area contributed by atoms with Gasteiger partial charge in [0, 0.05) is 27.2 Å². The zero-order chi connectivity index (χ0) is 10.7. The highest BCUT2D eigenvalue weighted by molar-refractivity contribution is 7.80. The zero-order valence-electron chi connectivity index (χ0n) is 9.79. The summed E-state index contributed by atoms with van der Waals surface area (Å²) >= 11 is 5.39. The van der Waals surface area contributed by atoms with Gasteiger partial charge in [-0.15, -0.1) is 0 Å². The molecule has 0 N–H and O–H groups in total. The van der Waals surface area contributed by atoms with Crippen LogP contribution in [0.4, 0.5) is 0 Å². The monoisotopic (exact) mass is 214 g/mol. The molecule has 0 spiro atoms. The SMILES string of the molecule is CC(C)C1CCCN(C(=S)N(C)C)C1. The molecule has 82 valence electrons. The topological polar surface area (TPSA) is 6.48 Å². The molecule has 0 saturated carbocycles. The maximum absolute atomic E-state index is 5.39. The highest BCUT2D eigenvalue weighted by atomic mass is 32.1. The van der Waals surface area contributed by atoms with Crippen LogP contribution in [0, 0.1) is 11.8 Å². The highest BCUT2D eigenvalue weighted by Gasteiger charge is 2.24. The van der Waals surface area contributed by atoms with Gasteiger partial charge < -0.3 is 9.80 Å². The quantitative estimate of drug-likeness (QED) is 0.618. The van der Waals surface area contributed by atoms with Crippen molar-refractivity contribution >= 4 is 17.3 Å². The molecule has 1 saturated heterocycles. The lowest BCUT2D eigenvalue weighted by molar-refractivity contribution is 0.202. The summed E-state index contributed by atoms with van der Waals surface area (Å²) in [6, 6.07) is 0. The highest BCUT2D eigenvalue weighted by Crippen LogP contribution is 2.23. The first-order valence-corrected chi connectivity index (χ1v) is 5.89. The third-order valence-corrected chi connectivity index (χ3v) is 3.68. The Labute approximate surface area is 93.3 Å². The number of thiocarbonyl (C=S) groups is 1. The molecule has 14 heavy (non-hydrogen) atoms. The van der Waals surface area contributed by atoms with Crippen LogP contribution < -0.4 is 0 Å². The van der Waals surface area contributed by atoms with Crippen molar-refractivity contribution in [2.24, 2.45) is 11.8 Å². The van der Waals surface area contributed by atoms with Crippen molar-refractivity contribution in [1.82, 2.24) is 9.80 Å². The first kappa shape index (κ1) is 11.8. The molecule has 1 heterocycles. The number of piperidine rings is 1. The first-order valence-electron chi connectivity index (χ1n) is 5.48. The second-order valence-corrected chi connectivity index (χ2v) is 5.13. The molecule has 2 nitrogen and oxygen atoms in total. The van der Waals surface area contributed by atoms with Gasteiger partial charge in [0.1, 0.15) is 0 Å². The predicted molar refractivity (Wildman–Crippen MR) is 65.4 cm³/mol. The summed E-state index contributed by atoms with van der Waals surface area (Å²) in [7, 11) is 4.06. The van der Waals surface area contributed by atoms with Gasteiger partial charge in [-0.2, -0.15) is 0 Å². The standard InChI is InChI=1S/C11H22N2S/c1-9(2)10-6-5-7-13(8-10)11(14)12(3)4/h9-10H,5-8H2,1-4H3. The van der Waals surface area contributed by atoms with E-state index >= 15 is 0 Å². The average Bonchev–Trinajstić information content (AvgIpc) is 2.16. The van der Waals surface area contributed by atoms with Crippen molar-refractivity contribution in [3.63, 3.8) is 0 Å². The molecular weight excluding hydrogens is 192 g/mol. The predicted octanol–water partition coefficient (Wildman–Crippen LogP) is 2.20. The van der Waals surface area contributed by atoms with E-state index in [0.717, 1.165) is 30.0 Å². The second kappa shape index (κ2) is 4.96. The van der Waals surface area contributed by atoms with Crippen molar-refractivity contribution in [2.45, 2.75) is 26.7 Å². The van der Waals surface area contributed by atoms with Gasteiger partial charge in [0.25, 0.3) is 0 Å². The lowest BCUT2D eigenvalue weighted by Gasteiger charge is -2.38. The fourth-order valence-corrected chi connectivity index (χ4v) is 2.18. The Morgan fingerprint density at radius 1 is 1.43 bits per heavy atom. The van der Waals surface area contributed by atoms with Gasteiger partial charge >= 0.3 is 0 Å². The Balaban J connectivity index is 2.51. The Bertz CT molecular complexity index is 201. The third kappa shape index (κ3) is 2.84. The Morgan fingerprint density at radius 2 is 2.07 bits per heavy atom. The maximum Gasteiger partial charge on any atom is 0.171 e. The minimum absolute atomic E-state index is 0.780. The summed E-state index contributed by atoms with van der Waals surface area (Å²) in [5.74, 6) is 1.60. The number of hydrogen-bond acceptors (Lipinski definition) is 1. The van der Waals surface area contributed by atoms with Gasteiger partial charge in [-0.05, 0) is 36.9 Å². The van der Waals surface area contributed by atoms with Gasteiger partial charge in [0.15, 0.2) is 5.11 Å². The van der Waals surface area contributed by atoms with E-state index in [9.17, 15) is 0 Å². The molecule has 0 aromatic heterocycles. The van der Waals surface area contributed by atoms with E-state index in [1.165, 1.54) is 12.8 Å². The summed E-state index contributed by atoms with van der Waals surface area (Å²) in [4.78, 5) is 4.39. The molecule has 1 aliphatic rings. The average molecular weight is 214 g/mol. The molecule has 0 aromatic carbocycles. The summed E-state index contributed by atoms with van der Waals surface area (Å²) < 4.78 is 0. The van der Waals surface area contributed by atoms with Crippen LogP contribution in [-0.4, -0.2) is 42.1 Å². The van der Waals surface area contributed by atoms with E-state index in [0.29, 0.717) is 0 Å². The van der Waals surface area contributed by atoms with Crippen LogP contribution in [0.2, 0.25) is 0 Å². The number of nitrogens with zero attached hydrogens (tertiary/aromatic N) is 2. The Kier molecular flexibility index (Phi) is 4.17. The minimum atomic E-state index is 0.780. The van der Waals surface area contributed by atoms with Crippen LogP contribution in [0.1, 0.15) is 26.7 Å². The zero-order valence-corrected chi connectivity index (χ0v) is 10.6.